The Balaban J connectivity index is 1.64. The van der Waals surface area contributed by atoms with Crippen molar-refractivity contribution in [2.75, 3.05) is 11.4 Å². The molecule has 0 unspecified atom stereocenters. The molecular formula is C28H30FN3O5S. The Bertz CT molecular complexity index is 1440. The summed E-state index contributed by atoms with van der Waals surface area (Å²) < 4.78 is 47.9. The summed E-state index contributed by atoms with van der Waals surface area (Å²) in [5.41, 5.74) is 6.81. The molecule has 0 bridgehead atoms. The summed E-state index contributed by atoms with van der Waals surface area (Å²) in [5, 5.41) is 0. The zero-order chi connectivity index (χ0) is 27.7. The van der Waals surface area contributed by atoms with Crippen LogP contribution in [0.5, 0.6) is 0 Å². The number of ether oxygens (including phenoxy) is 1. The number of amides is 2. The van der Waals surface area contributed by atoms with Crippen LogP contribution in [-0.4, -0.2) is 38.6 Å². The highest BCUT2D eigenvalue weighted by atomic mass is 32.2. The van der Waals surface area contributed by atoms with Crippen molar-refractivity contribution in [3.63, 3.8) is 0 Å². The summed E-state index contributed by atoms with van der Waals surface area (Å²) in [6, 6.07) is 19.1. The zero-order valence-electron chi connectivity index (χ0n) is 21.3. The van der Waals surface area contributed by atoms with Crippen LogP contribution in [0.25, 0.3) is 0 Å². The average molecular weight is 540 g/mol. The Morgan fingerprint density at radius 3 is 2.37 bits per heavy atom. The predicted molar refractivity (Wildman–Crippen MR) is 142 cm³/mol. The van der Waals surface area contributed by atoms with Crippen molar-refractivity contribution < 1.29 is 27.1 Å². The molecule has 0 aromatic heterocycles. The molecule has 3 aromatic carbocycles. The molecule has 200 valence electrons. The van der Waals surface area contributed by atoms with E-state index >= 15 is 0 Å². The van der Waals surface area contributed by atoms with Crippen molar-refractivity contribution in [2.45, 2.75) is 49.6 Å². The topological polar surface area (TPSA) is 119 Å². The largest absolute Gasteiger partial charge is 0.443 e. The van der Waals surface area contributed by atoms with Crippen LogP contribution in [0.4, 0.5) is 14.9 Å². The molecule has 1 aliphatic heterocycles. The highest BCUT2D eigenvalue weighted by Gasteiger charge is 2.39. The van der Waals surface area contributed by atoms with Gasteiger partial charge < -0.3 is 10.5 Å². The normalized spacial score (nSPS) is 16.8. The van der Waals surface area contributed by atoms with Crippen LogP contribution in [0.1, 0.15) is 48.2 Å². The lowest BCUT2D eigenvalue weighted by Gasteiger charge is -2.24. The van der Waals surface area contributed by atoms with Crippen molar-refractivity contribution in [3.8, 4) is 0 Å². The lowest BCUT2D eigenvalue weighted by atomic mass is 9.84. The van der Waals surface area contributed by atoms with Crippen LogP contribution >= 0.6 is 0 Å². The number of anilines is 1. The van der Waals surface area contributed by atoms with E-state index < -0.39 is 45.4 Å². The summed E-state index contributed by atoms with van der Waals surface area (Å²) in [6.45, 7) is 5.34. The number of benzene rings is 3. The van der Waals surface area contributed by atoms with E-state index in [1.165, 1.54) is 47.4 Å². The van der Waals surface area contributed by atoms with Gasteiger partial charge in [-0.1, -0.05) is 30.3 Å². The SMILES string of the molecule is CC(C)(C)NS(=O)(=O)c1ccc(N2C[C@H]([C@@H](Cc3ccccc3)c3cc(F)ccc3C(N)=O)OC2=O)cc1. The Morgan fingerprint density at radius 1 is 1.11 bits per heavy atom. The first-order chi connectivity index (χ1) is 17.8. The van der Waals surface area contributed by atoms with Gasteiger partial charge >= 0.3 is 6.09 Å². The summed E-state index contributed by atoms with van der Waals surface area (Å²) in [6.07, 6.45) is -0.992. The molecule has 4 rings (SSSR count). The number of nitrogens with two attached hydrogens (primary N) is 1. The molecule has 1 saturated heterocycles. The van der Waals surface area contributed by atoms with E-state index in [0.29, 0.717) is 17.7 Å². The molecule has 3 aromatic rings. The van der Waals surface area contributed by atoms with Crippen LogP contribution in [-0.2, 0) is 21.2 Å². The minimum absolute atomic E-state index is 0.0631. The van der Waals surface area contributed by atoms with E-state index in [1.807, 2.05) is 30.3 Å². The van der Waals surface area contributed by atoms with Crippen LogP contribution in [0.2, 0.25) is 0 Å². The molecule has 3 N–H and O–H groups in total. The summed E-state index contributed by atoms with van der Waals surface area (Å²) in [4.78, 5) is 26.6. The van der Waals surface area contributed by atoms with E-state index in [-0.39, 0.29) is 17.0 Å². The number of rotatable bonds is 8. The third-order valence-electron chi connectivity index (χ3n) is 6.16. The number of carbonyl (C=O) groups excluding carboxylic acids is 2. The minimum Gasteiger partial charge on any atom is -0.443 e. The average Bonchev–Trinajstić information content (AvgIpc) is 3.22. The highest BCUT2D eigenvalue weighted by molar-refractivity contribution is 7.89. The Kier molecular flexibility index (Phi) is 7.57. The molecule has 8 nitrogen and oxygen atoms in total. The van der Waals surface area contributed by atoms with Crippen molar-refractivity contribution in [1.82, 2.24) is 4.72 Å². The van der Waals surface area contributed by atoms with Crippen molar-refractivity contribution >= 4 is 27.7 Å². The first-order valence-electron chi connectivity index (χ1n) is 12.1. The fraction of sp³-hybridized carbons (Fsp3) is 0.286. The smallest absolute Gasteiger partial charge is 0.414 e. The van der Waals surface area contributed by atoms with Gasteiger partial charge in [-0.25, -0.2) is 22.3 Å². The third kappa shape index (κ3) is 6.20. The molecule has 2 amide bonds. The third-order valence-corrected chi connectivity index (χ3v) is 7.93. The molecule has 0 radical (unpaired) electrons. The maximum atomic E-state index is 14.3. The van der Waals surface area contributed by atoms with Gasteiger partial charge in [0.2, 0.25) is 15.9 Å². The van der Waals surface area contributed by atoms with E-state index in [0.717, 1.165) is 5.56 Å². The van der Waals surface area contributed by atoms with Gasteiger partial charge in [-0.05, 0) is 80.8 Å². The standard InChI is InChI=1S/C28H30FN3O5S/c1-28(2,3)31-38(35,36)21-12-10-20(11-13-21)32-17-25(37-27(32)34)24(15-18-7-5-4-6-8-18)23-16-19(29)9-14-22(23)26(30)33/h4-14,16,24-25,31H,15,17H2,1-3H3,(H2,30,33)/t24-,25+/m0/s1. The molecule has 0 saturated carbocycles. The molecular weight excluding hydrogens is 509 g/mol. The number of hydrogen-bond donors (Lipinski definition) is 2. The quantitative estimate of drug-likeness (QED) is 0.441. The highest BCUT2D eigenvalue weighted by Crippen LogP contribution is 2.35. The van der Waals surface area contributed by atoms with Gasteiger partial charge in [0, 0.05) is 22.7 Å². The van der Waals surface area contributed by atoms with Crippen molar-refractivity contribution in [3.05, 3.63) is 95.3 Å². The number of halogens is 1. The second-order valence-electron chi connectivity index (χ2n) is 10.3. The molecule has 1 aliphatic rings. The summed E-state index contributed by atoms with van der Waals surface area (Å²) in [5.74, 6) is -1.81. The number of hydrogen-bond acceptors (Lipinski definition) is 5. The van der Waals surface area contributed by atoms with Gasteiger partial charge in [0.25, 0.3) is 0 Å². The lowest BCUT2D eigenvalue weighted by Crippen LogP contribution is -2.40. The van der Waals surface area contributed by atoms with Gasteiger partial charge in [-0.15, -0.1) is 0 Å². The Labute approximate surface area is 221 Å². The zero-order valence-corrected chi connectivity index (χ0v) is 22.2. The lowest BCUT2D eigenvalue weighted by molar-refractivity contribution is 0.0996. The van der Waals surface area contributed by atoms with Crippen molar-refractivity contribution in [1.29, 1.82) is 0 Å². The monoisotopic (exact) mass is 539 g/mol. The van der Waals surface area contributed by atoms with Crippen LogP contribution in [0.3, 0.4) is 0 Å². The molecule has 0 aliphatic carbocycles. The number of nitrogens with zero attached hydrogens (tertiary/aromatic N) is 1. The number of sulfonamides is 1. The molecule has 38 heavy (non-hydrogen) atoms. The fourth-order valence-corrected chi connectivity index (χ4v) is 5.97. The van der Waals surface area contributed by atoms with E-state index in [2.05, 4.69) is 4.72 Å². The molecule has 0 spiro atoms. The Morgan fingerprint density at radius 2 is 1.76 bits per heavy atom. The Hall–Kier alpha value is -3.76. The van der Waals surface area contributed by atoms with Gasteiger partial charge in [0.05, 0.1) is 11.4 Å². The van der Waals surface area contributed by atoms with Crippen molar-refractivity contribution in [2.24, 2.45) is 5.73 Å². The predicted octanol–water partition coefficient (Wildman–Crippen LogP) is 4.35. The number of nitrogens with one attached hydrogen (secondary N) is 1. The number of carbonyl (C=O) groups is 2. The first kappa shape index (κ1) is 27.3. The van der Waals surface area contributed by atoms with Crippen LogP contribution in [0.15, 0.2) is 77.7 Å². The van der Waals surface area contributed by atoms with Gasteiger partial charge in [0.1, 0.15) is 11.9 Å². The van der Waals surface area contributed by atoms with E-state index in [1.54, 1.807) is 20.8 Å². The maximum absolute atomic E-state index is 14.3. The molecule has 10 heteroatoms. The van der Waals surface area contributed by atoms with E-state index in [4.69, 9.17) is 10.5 Å². The van der Waals surface area contributed by atoms with Crippen LogP contribution < -0.4 is 15.4 Å². The number of primary amides is 1. The fourth-order valence-electron chi connectivity index (χ4n) is 4.55. The second kappa shape index (κ2) is 10.5. The summed E-state index contributed by atoms with van der Waals surface area (Å²) in [7, 11) is -3.75. The number of cyclic esters (lactones) is 1. The van der Waals surface area contributed by atoms with Gasteiger partial charge in [-0.2, -0.15) is 0 Å². The molecule has 2 atom stereocenters. The van der Waals surface area contributed by atoms with Gasteiger partial charge in [-0.3, -0.25) is 9.69 Å². The maximum Gasteiger partial charge on any atom is 0.414 e. The second-order valence-corrected chi connectivity index (χ2v) is 12.0. The first-order valence-corrected chi connectivity index (χ1v) is 13.6. The molecule has 1 fully saturated rings. The summed E-state index contributed by atoms with van der Waals surface area (Å²) >= 11 is 0. The minimum atomic E-state index is -3.75. The van der Waals surface area contributed by atoms with E-state index in [9.17, 15) is 22.4 Å². The van der Waals surface area contributed by atoms with Gasteiger partial charge in [0.15, 0.2) is 0 Å². The molecule has 1 heterocycles. The van der Waals surface area contributed by atoms with Crippen LogP contribution in [0, 0.1) is 5.82 Å².